The lowest BCUT2D eigenvalue weighted by atomic mass is 9.76. The number of ether oxygens (including phenoxy) is 2. The van der Waals surface area contributed by atoms with Crippen molar-refractivity contribution in [3.8, 4) is 5.75 Å². The number of ketones is 1. The number of Topliss-reactive ketones (excluding diaryl/α,β-unsaturated/α-hetero) is 1. The molecular formula is C25H23NO9. The highest BCUT2D eigenvalue weighted by Crippen LogP contribution is 2.33. The predicted octanol–water partition coefficient (Wildman–Crippen LogP) is 3.72. The van der Waals surface area contributed by atoms with Crippen molar-refractivity contribution >= 4 is 28.5 Å². The molecule has 0 amide bonds. The zero-order chi connectivity index (χ0) is 25.6. The minimum absolute atomic E-state index is 0.113. The highest BCUT2D eigenvalue weighted by Gasteiger charge is 2.43. The molecule has 3 aromatic rings. The molecule has 0 bridgehead atoms. The van der Waals surface area contributed by atoms with Gasteiger partial charge in [0.05, 0.1) is 12.7 Å². The monoisotopic (exact) mass is 481 g/mol. The summed E-state index contributed by atoms with van der Waals surface area (Å²) in [5, 5.41) is 21.1. The van der Waals surface area contributed by atoms with E-state index in [9.17, 15) is 29.6 Å². The van der Waals surface area contributed by atoms with Crippen LogP contribution in [0.15, 0.2) is 60.7 Å². The van der Waals surface area contributed by atoms with Gasteiger partial charge < -0.3 is 19.4 Å². The maximum atomic E-state index is 12.6. The second-order valence-electron chi connectivity index (χ2n) is 7.96. The fourth-order valence-corrected chi connectivity index (χ4v) is 3.71. The summed E-state index contributed by atoms with van der Waals surface area (Å²) in [6, 6.07) is 16.0. The van der Waals surface area contributed by atoms with E-state index in [2.05, 4.69) is 4.84 Å². The molecule has 0 fully saturated rings. The van der Waals surface area contributed by atoms with Crippen LogP contribution in [0.1, 0.15) is 34.8 Å². The number of carbonyl (C=O) groups excluding carboxylic acids is 2. The van der Waals surface area contributed by atoms with E-state index in [1.807, 2.05) is 0 Å². The molecule has 10 nitrogen and oxygen atoms in total. The molecule has 10 heteroatoms. The van der Waals surface area contributed by atoms with Crippen molar-refractivity contribution in [1.82, 2.24) is 0 Å². The molecular weight excluding hydrogens is 458 g/mol. The second-order valence-corrected chi connectivity index (χ2v) is 7.96. The Balaban J connectivity index is 1.88. The number of methoxy groups -OCH3 is 1. The predicted molar refractivity (Wildman–Crippen MR) is 124 cm³/mol. The molecule has 1 atom stereocenters. The third-order valence-electron chi connectivity index (χ3n) is 5.54. The lowest BCUT2D eigenvalue weighted by Crippen LogP contribution is -2.43. The number of carboxylic acids is 1. The molecule has 0 saturated carbocycles. The van der Waals surface area contributed by atoms with Gasteiger partial charge in [0.2, 0.25) is 0 Å². The van der Waals surface area contributed by atoms with Crippen molar-refractivity contribution in [3.05, 3.63) is 87.5 Å². The summed E-state index contributed by atoms with van der Waals surface area (Å²) in [5.74, 6) is -1.84. The van der Waals surface area contributed by atoms with E-state index < -0.39 is 29.0 Å². The Morgan fingerprint density at radius 2 is 1.66 bits per heavy atom. The number of nitrogens with zero attached hydrogens (tertiary/aromatic N) is 1. The van der Waals surface area contributed by atoms with Crippen LogP contribution in [0.25, 0.3) is 10.8 Å². The summed E-state index contributed by atoms with van der Waals surface area (Å²) in [6.07, 6.45) is -0.381. The normalized spacial score (nSPS) is 12.4. The van der Waals surface area contributed by atoms with Gasteiger partial charge in [-0.05, 0) is 59.2 Å². The number of benzene rings is 3. The van der Waals surface area contributed by atoms with E-state index in [1.165, 1.54) is 31.2 Å². The molecule has 0 unspecified atom stereocenters. The first-order valence-electron chi connectivity index (χ1n) is 10.5. The van der Waals surface area contributed by atoms with Crippen molar-refractivity contribution in [2.45, 2.75) is 25.4 Å². The van der Waals surface area contributed by atoms with Gasteiger partial charge in [-0.3, -0.25) is 9.59 Å². The molecule has 0 aliphatic carbocycles. The van der Waals surface area contributed by atoms with Crippen LogP contribution in [0.2, 0.25) is 0 Å². The first-order valence-corrected chi connectivity index (χ1v) is 10.5. The van der Waals surface area contributed by atoms with E-state index in [0.29, 0.717) is 16.9 Å². The largest absolute Gasteiger partial charge is 0.497 e. The summed E-state index contributed by atoms with van der Waals surface area (Å²) in [7, 11) is 1.54. The molecule has 0 spiro atoms. The van der Waals surface area contributed by atoms with Gasteiger partial charge in [0.1, 0.15) is 30.2 Å². The van der Waals surface area contributed by atoms with Crippen LogP contribution in [0.3, 0.4) is 0 Å². The first kappa shape index (κ1) is 25.2. The summed E-state index contributed by atoms with van der Waals surface area (Å²) >= 11 is 0. The van der Waals surface area contributed by atoms with Crippen LogP contribution < -0.4 is 4.74 Å². The molecule has 0 aliphatic heterocycles. The number of rotatable bonds is 11. The van der Waals surface area contributed by atoms with Crippen LogP contribution >= 0.6 is 0 Å². The van der Waals surface area contributed by atoms with E-state index in [0.717, 1.165) is 10.8 Å². The highest BCUT2D eigenvalue weighted by atomic mass is 16.9. The smallest absolute Gasteiger partial charge is 0.338 e. The van der Waals surface area contributed by atoms with Gasteiger partial charge in [-0.2, -0.15) is 0 Å². The topological polar surface area (TPSA) is 142 Å². The Hall–Kier alpha value is -4.47. The second kappa shape index (κ2) is 10.6. The lowest BCUT2D eigenvalue weighted by molar-refractivity contribution is -0.763. The average molecular weight is 481 g/mol. The maximum absolute atomic E-state index is 12.6. The van der Waals surface area contributed by atoms with Crippen LogP contribution in [0.4, 0.5) is 0 Å². The standard InChI is InChI=1S/C25H23NO9/c1-16(27)13-25(24(29)30,21-9-7-20-12-22(33-2)10-8-19(20)11-21)15-34-23(28)18-5-3-17(4-6-18)14-35-26(31)32/h3-12H,13-15H2,1-2H3,(H,29,30)/t25-/m1/s1. The fourth-order valence-electron chi connectivity index (χ4n) is 3.71. The van der Waals surface area contributed by atoms with Gasteiger partial charge in [-0.15, -0.1) is 10.1 Å². The van der Waals surface area contributed by atoms with Gasteiger partial charge in [0.15, 0.2) is 0 Å². The molecule has 0 aromatic heterocycles. The number of carboxylic acid groups (broad SMARTS) is 1. The minimum atomic E-state index is -1.80. The van der Waals surface area contributed by atoms with Gasteiger partial charge >= 0.3 is 11.9 Å². The fraction of sp³-hybridized carbons (Fsp3) is 0.240. The van der Waals surface area contributed by atoms with E-state index in [1.54, 1.807) is 43.5 Å². The molecule has 3 rings (SSSR count). The molecule has 182 valence electrons. The molecule has 0 heterocycles. The number of esters is 1. The summed E-state index contributed by atoms with van der Waals surface area (Å²) in [6.45, 7) is 0.419. The number of hydrogen-bond acceptors (Lipinski definition) is 8. The van der Waals surface area contributed by atoms with Crippen molar-refractivity contribution < 1.29 is 38.9 Å². The van der Waals surface area contributed by atoms with Crippen molar-refractivity contribution in [2.24, 2.45) is 0 Å². The Morgan fingerprint density at radius 3 is 2.26 bits per heavy atom. The van der Waals surface area contributed by atoms with Crippen LogP contribution in [-0.4, -0.2) is 41.6 Å². The maximum Gasteiger partial charge on any atom is 0.338 e. The Labute approximate surface area is 200 Å². The van der Waals surface area contributed by atoms with E-state index in [4.69, 9.17) is 9.47 Å². The minimum Gasteiger partial charge on any atom is -0.497 e. The van der Waals surface area contributed by atoms with Gasteiger partial charge in [-0.25, -0.2) is 4.79 Å². The summed E-state index contributed by atoms with van der Waals surface area (Å²) in [5.41, 5.74) is -0.905. The Kier molecular flexibility index (Phi) is 7.65. The van der Waals surface area contributed by atoms with E-state index in [-0.39, 0.29) is 24.4 Å². The van der Waals surface area contributed by atoms with E-state index >= 15 is 0 Å². The van der Waals surface area contributed by atoms with Gasteiger partial charge in [0, 0.05) is 6.42 Å². The first-order chi connectivity index (χ1) is 16.6. The third kappa shape index (κ3) is 5.91. The highest BCUT2D eigenvalue weighted by molar-refractivity contribution is 5.93. The van der Waals surface area contributed by atoms with Crippen LogP contribution in [0, 0.1) is 10.1 Å². The molecule has 0 radical (unpaired) electrons. The summed E-state index contributed by atoms with van der Waals surface area (Å²) < 4.78 is 10.6. The molecule has 3 aromatic carbocycles. The molecule has 35 heavy (non-hydrogen) atoms. The van der Waals surface area contributed by atoms with Crippen molar-refractivity contribution in [2.75, 3.05) is 13.7 Å². The molecule has 0 aliphatic rings. The number of fused-ring (bicyclic) bond motifs is 1. The third-order valence-corrected chi connectivity index (χ3v) is 5.54. The molecule has 1 N–H and O–H groups in total. The number of hydrogen-bond donors (Lipinski definition) is 1. The van der Waals surface area contributed by atoms with Gasteiger partial charge in [0.25, 0.3) is 5.09 Å². The van der Waals surface area contributed by atoms with Crippen LogP contribution in [0.5, 0.6) is 5.75 Å². The van der Waals surface area contributed by atoms with Crippen molar-refractivity contribution in [1.29, 1.82) is 0 Å². The lowest BCUT2D eigenvalue weighted by Gasteiger charge is -2.29. The zero-order valence-corrected chi connectivity index (χ0v) is 19.1. The average Bonchev–Trinajstić information content (AvgIpc) is 2.84. The van der Waals surface area contributed by atoms with Crippen LogP contribution in [-0.2, 0) is 31.2 Å². The summed E-state index contributed by atoms with van der Waals surface area (Å²) in [4.78, 5) is 51.8. The molecule has 0 saturated heterocycles. The number of carbonyl (C=O) groups is 3. The Bertz CT molecular complexity index is 1270. The van der Waals surface area contributed by atoms with Gasteiger partial charge in [-0.1, -0.05) is 30.3 Å². The SMILES string of the molecule is COc1ccc2cc([C@](COC(=O)c3ccc(CO[N+](=O)[O-])cc3)(CC(C)=O)C(=O)O)ccc2c1. The quantitative estimate of drug-likeness (QED) is 0.246. The van der Waals surface area contributed by atoms with Crippen molar-refractivity contribution in [3.63, 3.8) is 0 Å². The Morgan fingerprint density at radius 1 is 1.00 bits per heavy atom. The number of aliphatic carboxylic acids is 1. The zero-order valence-electron chi connectivity index (χ0n) is 19.1.